The number of carbonyl (C=O) groups is 1. The molecule has 5 nitrogen and oxygen atoms in total. The van der Waals surface area contributed by atoms with E-state index in [4.69, 9.17) is 5.73 Å². The first-order chi connectivity index (χ1) is 8.43. The van der Waals surface area contributed by atoms with Crippen LogP contribution in [0.1, 0.15) is 24.7 Å². The molecule has 1 saturated heterocycles. The molecular formula is C13H22N4O. The van der Waals surface area contributed by atoms with Crippen molar-refractivity contribution in [2.24, 2.45) is 11.1 Å². The summed E-state index contributed by atoms with van der Waals surface area (Å²) in [5.41, 5.74) is 7.82. The Morgan fingerprint density at radius 1 is 1.56 bits per heavy atom. The van der Waals surface area contributed by atoms with Crippen molar-refractivity contribution in [2.75, 3.05) is 19.6 Å². The molecule has 2 heterocycles. The molecule has 1 aliphatic heterocycles. The summed E-state index contributed by atoms with van der Waals surface area (Å²) >= 11 is 0. The third-order valence-corrected chi connectivity index (χ3v) is 3.79. The van der Waals surface area contributed by atoms with Crippen molar-refractivity contribution in [3.05, 3.63) is 17.5 Å². The number of hydrogen-bond donors (Lipinski definition) is 1. The van der Waals surface area contributed by atoms with Crippen LogP contribution in [0.4, 0.5) is 0 Å². The zero-order valence-corrected chi connectivity index (χ0v) is 11.4. The summed E-state index contributed by atoms with van der Waals surface area (Å²) in [5.74, 6) is 0.137. The van der Waals surface area contributed by atoms with Gasteiger partial charge in [-0.15, -0.1) is 0 Å². The number of likely N-dealkylation sites (tertiary alicyclic amines) is 1. The third kappa shape index (κ3) is 2.56. The average molecular weight is 250 g/mol. The van der Waals surface area contributed by atoms with E-state index in [0.717, 1.165) is 30.9 Å². The fraction of sp³-hybridized carbons (Fsp3) is 0.692. The van der Waals surface area contributed by atoms with E-state index in [1.165, 1.54) is 0 Å². The molecule has 0 radical (unpaired) electrons. The Hall–Kier alpha value is -1.36. The van der Waals surface area contributed by atoms with Gasteiger partial charge in [-0.1, -0.05) is 6.92 Å². The van der Waals surface area contributed by atoms with Gasteiger partial charge < -0.3 is 10.6 Å². The molecule has 0 aromatic carbocycles. The number of carbonyl (C=O) groups excluding carboxylic acids is 1. The number of aryl methyl sites for hydroxylation is 2. The Kier molecular flexibility index (Phi) is 3.43. The highest BCUT2D eigenvalue weighted by atomic mass is 16.2. The highest BCUT2D eigenvalue weighted by Gasteiger charge is 2.34. The monoisotopic (exact) mass is 250 g/mol. The maximum absolute atomic E-state index is 12.2. The lowest BCUT2D eigenvalue weighted by atomic mass is 9.90. The number of rotatable bonds is 3. The van der Waals surface area contributed by atoms with E-state index in [-0.39, 0.29) is 11.3 Å². The van der Waals surface area contributed by atoms with E-state index in [2.05, 4.69) is 12.0 Å². The van der Waals surface area contributed by atoms with Gasteiger partial charge in [-0.05, 0) is 38.3 Å². The maximum atomic E-state index is 12.2. The molecule has 1 aromatic rings. The molecule has 1 atom stereocenters. The molecular weight excluding hydrogens is 228 g/mol. The second kappa shape index (κ2) is 4.72. The maximum Gasteiger partial charge on any atom is 0.244 e. The second-order valence-electron chi connectivity index (χ2n) is 5.66. The lowest BCUT2D eigenvalue weighted by molar-refractivity contribution is -0.131. The van der Waals surface area contributed by atoms with Crippen molar-refractivity contribution in [3.63, 3.8) is 0 Å². The molecule has 0 saturated carbocycles. The van der Waals surface area contributed by atoms with E-state index in [0.29, 0.717) is 13.1 Å². The summed E-state index contributed by atoms with van der Waals surface area (Å²) in [6.07, 6.45) is 0.992. The van der Waals surface area contributed by atoms with Gasteiger partial charge in [0, 0.05) is 18.8 Å². The van der Waals surface area contributed by atoms with Gasteiger partial charge in [0.2, 0.25) is 5.91 Å². The fourth-order valence-corrected chi connectivity index (χ4v) is 2.47. The highest BCUT2D eigenvalue weighted by Crippen LogP contribution is 2.28. The van der Waals surface area contributed by atoms with Crippen LogP contribution >= 0.6 is 0 Å². The highest BCUT2D eigenvalue weighted by molar-refractivity contribution is 5.76. The van der Waals surface area contributed by atoms with Gasteiger partial charge in [0.05, 0.1) is 5.69 Å². The number of aromatic nitrogens is 2. The first kappa shape index (κ1) is 13.1. The lowest BCUT2D eigenvalue weighted by Gasteiger charge is -2.22. The first-order valence-electron chi connectivity index (χ1n) is 6.42. The standard InChI is InChI=1S/C13H22N4O/c1-10-6-11(2)17(15-10)7-12(18)16-5-4-13(3,8-14)9-16/h6H,4-5,7-9,14H2,1-3H3. The van der Waals surface area contributed by atoms with Crippen LogP contribution in [0.2, 0.25) is 0 Å². The summed E-state index contributed by atoms with van der Waals surface area (Å²) in [4.78, 5) is 14.1. The van der Waals surface area contributed by atoms with Gasteiger partial charge in [-0.25, -0.2) is 0 Å². The molecule has 2 rings (SSSR count). The van der Waals surface area contributed by atoms with Crippen molar-refractivity contribution in [1.82, 2.24) is 14.7 Å². The van der Waals surface area contributed by atoms with Crippen LogP contribution in [0, 0.1) is 19.3 Å². The zero-order valence-electron chi connectivity index (χ0n) is 11.4. The molecule has 0 spiro atoms. The molecule has 2 N–H and O–H groups in total. The molecule has 18 heavy (non-hydrogen) atoms. The van der Waals surface area contributed by atoms with E-state index in [1.807, 2.05) is 24.8 Å². The molecule has 1 fully saturated rings. The first-order valence-corrected chi connectivity index (χ1v) is 6.42. The minimum absolute atomic E-state index is 0.0880. The minimum Gasteiger partial charge on any atom is -0.340 e. The Labute approximate surface area is 108 Å². The van der Waals surface area contributed by atoms with Gasteiger partial charge in [0.15, 0.2) is 0 Å². The van der Waals surface area contributed by atoms with Crippen molar-refractivity contribution < 1.29 is 4.79 Å². The Morgan fingerprint density at radius 3 is 2.78 bits per heavy atom. The molecule has 1 amide bonds. The normalized spacial score (nSPS) is 23.7. The molecule has 1 aromatic heterocycles. The van der Waals surface area contributed by atoms with Crippen LogP contribution in [-0.2, 0) is 11.3 Å². The Morgan fingerprint density at radius 2 is 2.28 bits per heavy atom. The van der Waals surface area contributed by atoms with Gasteiger partial charge >= 0.3 is 0 Å². The number of amides is 1. The van der Waals surface area contributed by atoms with Crippen LogP contribution in [-0.4, -0.2) is 40.2 Å². The van der Waals surface area contributed by atoms with E-state index in [1.54, 1.807) is 4.68 Å². The number of nitrogens with zero attached hydrogens (tertiary/aromatic N) is 3. The van der Waals surface area contributed by atoms with E-state index in [9.17, 15) is 4.79 Å². The topological polar surface area (TPSA) is 64.2 Å². The van der Waals surface area contributed by atoms with Gasteiger partial charge in [-0.3, -0.25) is 9.48 Å². The van der Waals surface area contributed by atoms with Gasteiger partial charge in [-0.2, -0.15) is 5.10 Å². The van der Waals surface area contributed by atoms with Gasteiger partial charge in [0.25, 0.3) is 0 Å². The molecule has 5 heteroatoms. The summed E-state index contributed by atoms with van der Waals surface area (Å²) in [6, 6.07) is 1.99. The minimum atomic E-state index is 0.0880. The van der Waals surface area contributed by atoms with E-state index >= 15 is 0 Å². The predicted molar refractivity (Wildman–Crippen MR) is 70.1 cm³/mol. The molecule has 1 unspecified atom stereocenters. The van der Waals surface area contributed by atoms with Crippen LogP contribution < -0.4 is 5.73 Å². The van der Waals surface area contributed by atoms with Crippen LogP contribution in [0.5, 0.6) is 0 Å². The lowest BCUT2D eigenvalue weighted by Crippen LogP contribution is -2.36. The average Bonchev–Trinajstić information content (AvgIpc) is 2.84. The predicted octanol–water partition coefficient (Wildman–Crippen LogP) is 0.697. The summed E-state index contributed by atoms with van der Waals surface area (Å²) < 4.78 is 1.77. The number of nitrogens with two attached hydrogens (primary N) is 1. The fourth-order valence-electron chi connectivity index (χ4n) is 2.47. The SMILES string of the molecule is Cc1cc(C)n(CC(=O)N2CCC(C)(CN)C2)n1. The largest absolute Gasteiger partial charge is 0.340 e. The molecule has 100 valence electrons. The van der Waals surface area contributed by atoms with Crippen LogP contribution in [0.25, 0.3) is 0 Å². The Balaban J connectivity index is 1.99. The smallest absolute Gasteiger partial charge is 0.244 e. The zero-order chi connectivity index (χ0) is 13.3. The van der Waals surface area contributed by atoms with Crippen molar-refractivity contribution in [1.29, 1.82) is 0 Å². The number of hydrogen-bond acceptors (Lipinski definition) is 3. The van der Waals surface area contributed by atoms with Crippen molar-refractivity contribution >= 4 is 5.91 Å². The third-order valence-electron chi connectivity index (χ3n) is 3.79. The molecule has 0 bridgehead atoms. The van der Waals surface area contributed by atoms with Crippen molar-refractivity contribution in [3.8, 4) is 0 Å². The summed E-state index contributed by atoms with van der Waals surface area (Å²) in [5, 5.41) is 4.32. The van der Waals surface area contributed by atoms with E-state index < -0.39 is 0 Å². The Bertz CT molecular complexity index is 454. The molecule has 0 aliphatic carbocycles. The van der Waals surface area contributed by atoms with Crippen LogP contribution in [0.3, 0.4) is 0 Å². The summed E-state index contributed by atoms with van der Waals surface area (Å²) in [6.45, 7) is 8.60. The quantitative estimate of drug-likeness (QED) is 0.858. The van der Waals surface area contributed by atoms with Crippen LogP contribution in [0.15, 0.2) is 6.07 Å². The van der Waals surface area contributed by atoms with Crippen molar-refractivity contribution in [2.45, 2.75) is 33.7 Å². The summed E-state index contributed by atoms with van der Waals surface area (Å²) in [7, 11) is 0. The second-order valence-corrected chi connectivity index (χ2v) is 5.66. The molecule has 1 aliphatic rings. The van der Waals surface area contributed by atoms with Gasteiger partial charge in [0.1, 0.15) is 6.54 Å².